The molecule has 0 saturated heterocycles. The van der Waals surface area contributed by atoms with E-state index in [0.29, 0.717) is 11.8 Å². The van der Waals surface area contributed by atoms with Crippen LogP contribution in [0.5, 0.6) is 0 Å². The highest BCUT2D eigenvalue weighted by atomic mass is 15.3. The highest BCUT2D eigenvalue weighted by Crippen LogP contribution is 2.32. The highest BCUT2D eigenvalue weighted by molar-refractivity contribution is 5.68. The second-order valence-electron chi connectivity index (χ2n) is 6.57. The van der Waals surface area contributed by atoms with Gasteiger partial charge >= 0.3 is 0 Å². The molecular formula is C20H21N5. The average Bonchev–Trinajstić information content (AvgIpc) is 3.02. The maximum Gasteiger partial charge on any atom is 0.251 e. The molecule has 0 fully saturated rings. The molecule has 126 valence electrons. The number of aromatic nitrogens is 3. The smallest absolute Gasteiger partial charge is 0.251 e. The van der Waals surface area contributed by atoms with E-state index in [9.17, 15) is 0 Å². The Morgan fingerprint density at radius 2 is 1.80 bits per heavy atom. The fraction of sp³-hybridized carbons (Fsp3) is 0.250. The number of benzene rings is 2. The molecule has 1 aromatic heterocycles. The molecule has 1 aliphatic heterocycles. The Morgan fingerprint density at radius 3 is 2.60 bits per heavy atom. The van der Waals surface area contributed by atoms with Gasteiger partial charge in [-0.1, -0.05) is 35.9 Å². The Bertz CT molecular complexity index is 912. The largest absolute Gasteiger partial charge is 0.338 e. The van der Waals surface area contributed by atoms with Crippen LogP contribution < -0.4 is 10.2 Å². The number of hydrogen-bond acceptors (Lipinski definition) is 5. The summed E-state index contributed by atoms with van der Waals surface area (Å²) in [7, 11) is 0. The van der Waals surface area contributed by atoms with Crippen LogP contribution in [0, 0.1) is 20.8 Å². The Morgan fingerprint density at radius 1 is 1.04 bits per heavy atom. The van der Waals surface area contributed by atoms with Gasteiger partial charge in [-0.25, -0.2) is 0 Å². The van der Waals surface area contributed by atoms with Crippen molar-refractivity contribution in [2.75, 3.05) is 16.8 Å². The molecule has 5 nitrogen and oxygen atoms in total. The van der Waals surface area contributed by atoms with Gasteiger partial charge in [-0.05, 0) is 49.9 Å². The number of nitrogens with zero attached hydrogens (tertiary/aromatic N) is 4. The first-order valence-electron chi connectivity index (χ1n) is 8.52. The zero-order chi connectivity index (χ0) is 17.4. The number of para-hydroxylation sites is 1. The molecule has 1 N–H and O–H groups in total. The van der Waals surface area contributed by atoms with Crippen LogP contribution in [0.15, 0.2) is 42.6 Å². The first-order valence-corrected chi connectivity index (χ1v) is 8.52. The molecule has 0 amide bonds. The topological polar surface area (TPSA) is 53.9 Å². The predicted molar refractivity (Wildman–Crippen MR) is 101 cm³/mol. The molecule has 0 radical (unpaired) electrons. The van der Waals surface area contributed by atoms with E-state index in [-0.39, 0.29) is 0 Å². The Labute approximate surface area is 147 Å². The third-order valence-corrected chi connectivity index (χ3v) is 4.61. The average molecular weight is 331 g/mol. The monoisotopic (exact) mass is 331 g/mol. The molecule has 0 unspecified atom stereocenters. The summed E-state index contributed by atoms with van der Waals surface area (Å²) in [5, 5.41) is 11.8. The molecule has 0 saturated carbocycles. The van der Waals surface area contributed by atoms with Crippen LogP contribution in [0.2, 0.25) is 0 Å². The van der Waals surface area contributed by atoms with Gasteiger partial charge in [0.25, 0.3) is 5.95 Å². The molecule has 4 rings (SSSR count). The van der Waals surface area contributed by atoms with Crippen LogP contribution >= 0.6 is 0 Å². The van der Waals surface area contributed by atoms with E-state index in [4.69, 9.17) is 4.98 Å². The van der Waals surface area contributed by atoms with Crippen molar-refractivity contribution in [1.29, 1.82) is 0 Å². The van der Waals surface area contributed by atoms with Crippen molar-refractivity contribution in [3.8, 4) is 0 Å². The van der Waals surface area contributed by atoms with Gasteiger partial charge < -0.3 is 10.2 Å². The molecule has 25 heavy (non-hydrogen) atoms. The summed E-state index contributed by atoms with van der Waals surface area (Å²) >= 11 is 0. The van der Waals surface area contributed by atoms with E-state index in [1.807, 2.05) is 6.07 Å². The summed E-state index contributed by atoms with van der Waals surface area (Å²) in [6.45, 7) is 7.20. The lowest BCUT2D eigenvalue weighted by molar-refractivity contribution is 0.887. The summed E-state index contributed by atoms with van der Waals surface area (Å²) in [6, 6.07) is 12.7. The lowest BCUT2D eigenvalue weighted by Crippen LogP contribution is -2.17. The summed E-state index contributed by atoms with van der Waals surface area (Å²) in [5.41, 5.74) is 7.24. The second-order valence-corrected chi connectivity index (χ2v) is 6.57. The summed E-state index contributed by atoms with van der Waals surface area (Å²) in [5.74, 6) is 1.35. The summed E-state index contributed by atoms with van der Waals surface area (Å²) in [4.78, 5) is 6.82. The van der Waals surface area contributed by atoms with Gasteiger partial charge in [0, 0.05) is 17.9 Å². The normalized spacial score (nSPS) is 13.0. The van der Waals surface area contributed by atoms with Crippen molar-refractivity contribution < 1.29 is 0 Å². The Kier molecular flexibility index (Phi) is 3.84. The molecule has 0 atom stereocenters. The van der Waals surface area contributed by atoms with Crippen molar-refractivity contribution in [1.82, 2.24) is 15.2 Å². The van der Waals surface area contributed by atoms with E-state index in [0.717, 1.165) is 18.7 Å². The van der Waals surface area contributed by atoms with Gasteiger partial charge in [-0.3, -0.25) is 0 Å². The van der Waals surface area contributed by atoms with E-state index in [2.05, 4.69) is 71.5 Å². The number of anilines is 4. The molecule has 2 heterocycles. The molecular weight excluding hydrogens is 310 g/mol. The van der Waals surface area contributed by atoms with Crippen molar-refractivity contribution >= 4 is 23.1 Å². The van der Waals surface area contributed by atoms with E-state index < -0.39 is 0 Å². The maximum absolute atomic E-state index is 4.69. The number of fused-ring (bicyclic) bond motifs is 1. The third kappa shape index (κ3) is 2.93. The van der Waals surface area contributed by atoms with Crippen LogP contribution in [0.1, 0.15) is 22.3 Å². The second kappa shape index (κ2) is 6.16. The van der Waals surface area contributed by atoms with Crippen LogP contribution in [0.3, 0.4) is 0 Å². The SMILES string of the molecule is Cc1cc(C)c(Nc2cnnc(N3CCc4ccccc43)n2)c(C)c1. The molecule has 0 spiro atoms. The summed E-state index contributed by atoms with van der Waals surface area (Å²) in [6.07, 6.45) is 2.68. The van der Waals surface area contributed by atoms with Crippen molar-refractivity contribution in [3.05, 3.63) is 64.8 Å². The molecule has 3 aromatic rings. The lowest BCUT2D eigenvalue weighted by atomic mass is 10.1. The van der Waals surface area contributed by atoms with Gasteiger partial charge in [0.15, 0.2) is 5.82 Å². The van der Waals surface area contributed by atoms with Gasteiger partial charge in [-0.15, -0.1) is 5.10 Å². The number of nitrogens with one attached hydrogen (secondary N) is 1. The van der Waals surface area contributed by atoms with E-state index in [1.165, 1.54) is 27.9 Å². The Balaban J connectivity index is 1.65. The van der Waals surface area contributed by atoms with Crippen molar-refractivity contribution in [3.63, 3.8) is 0 Å². The number of hydrogen-bond donors (Lipinski definition) is 1. The molecule has 0 bridgehead atoms. The number of aryl methyl sites for hydroxylation is 3. The minimum absolute atomic E-state index is 0.636. The Hall–Kier alpha value is -2.95. The van der Waals surface area contributed by atoms with E-state index in [1.54, 1.807) is 6.20 Å². The van der Waals surface area contributed by atoms with Crippen LogP contribution in [0.4, 0.5) is 23.1 Å². The molecule has 0 aliphatic carbocycles. The molecule has 2 aromatic carbocycles. The standard InChI is InChI=1S/C20H21N5/c1-13-10-14(2)19(15(3)11-13)22-18-12-21-24-20(23-18)25-9-8-16-6-4-5-7-17(16)25/h4-7,10-12H,8-9H2,1-3H3,(H,22,23,24). The quantitative estimate of drug-likeness (QED) is 0.778. The maximum atomic E-state index is 4.69. The highest BCUT2D eigenvalue weighted by Gasteiger charge is 2.22. The van der Waals surface area contributed by atoms with Crippen molar-refractivity contribution in [2.45, 2.75) is 27.2 Å². The first kappa shape index (κ1) is 15.6. The number of rotatable bonds is 3. The third-order valence-electron chi connectivity index (χ3n) is 4.61. The van der Waals surface area contributed by atoms with Gasteiger partial charge in [-0.2, -0.15) is 10.1 Å². The van der Waals surface area contributed by atoms with E-state index >= 15 is 0 Å². The van der Waals surface area contributed by atoms with Crippen LogP contribution in [0.25, 0.3) is 0 Å². The summed E-state index contributed by atoms with van der Waals surface area (Å²) < 4.78 is 0. The zero-order valence-electron chi connectivity index (χ0n) is 14.7. The predicted octanol–water partition coefficient (Wildman–Crippen LogP) is 4.23. The van der Waals surface area contributed by atoms with Crippen LogP contribution in [-0.4, -0.2) is 21.7 Å². The van der Waals surface area contributed by atoms with Crippen molar-refractivity contribution in [2.24, 2.45) is 0 Å². The molecule has 1 aliphatic rings. The lowest BCUT2D eigenvalue weighted by Gasteiger charge is -2.18. The van der Waals surface area contributed by atoms with Crippen LogP contribution in [-0.2, 0) is 6.42 Å². The first-order chi connectivity index (χ1) is 12.1. The minimum atomic E-state index is 0.636. The van der Waals surface area contributed by atoms with Gasteiger partial charge in [0.2, 0.25) is 0 Å². The minimum Gasteiger partial charge on any atom is -0.338 e. The molecule has 5 heteroatoms. The fourth-order valence-corrected chi connectivity index (χ4v) is 3.52. The van der Waals surface area contributed by atoms with Gasteiger partial charge in [0.1, 0.15) is 0 Å². The van der Waals surface area contributed by atoms with Gasteiger partial charge in [0.05, 0.1) is 6.20 Å². The fourth-order valence-electron chi connectivity index (χ4n) is 3.52. The zero-order valence-corrected chi connectivity index (χ0v) is 14.7.